The van der Waals surface area contributed by atoms with Gasteiger partial charge in [0, 0.05) is 32.4 Å². The number of anilines is 1. The maximum Gasteiger partial charge on any atom is 0.319 e. The number of amides is 2. The number of benzene rings is 1. The molecule has 3 aromatic heterocycles. The fraction of sp³-hybridized carbons (Fsp3) is 0.250. The summed E-state index contributed by atoms with van der Waals surface area (Å²) in [7, 11) is 0. The van der Waals surface area contributed by atoms with Crippen LogP contribution in [0.25, 0.3) is 16.7 Å². The fourth-order valence-electron chi connectivity index (χ4n) is 3.23. The summed E-state index contributed by atoms with van der Waals surface area (Å²) in [6.45, 7) is 5.83. The summed E-state index contributed by atoms with van der Waals surface area (Å²) in [4.78, 5) is 20.8. The monoisotopic (exact) mass is 385 g/mol. The predicted octanol–water partition coefficient (Wildman–Crippen LogP) is 4.93. The van der Waals surface area contributed by atoms with E-state index in [4.69, 9.17) is 4.42 Å². The summed E-state index contributed by atoms with van der Waals surface area (Å²) in [5.41, 5.74) is 1.94. The molecule has 0 unspecified atom stereocenters. The number of urea groups is 1. The highest BCUT2D eigenvalue weighted by molar-refractivity contribution is 5.89. The fourth-order valence-corrected chi connectivity index (χ4v) is 3.23. The number of hydrogen-bond acceptors (Lipinski definition) is 4. The minimum absolute atomic E-state index is 0. The largest absolute Gasteiger partial charge is 0.459 e. The molecule has 4 rings (SSSR count). The molecule has 0 fully saturated rings. The van der Waals surface area contributed by atoms with Crippen molar-refractivity contribution < 1.29 is 16.5 Å². The number of imidazole rings is 1. The van der Waals surface area contributed by atoms with Gasteiger partial charge < -0.3 is 15.1 Å². The summed E-state index contributed by atoms with van der Waals surface area (Å²) in [5, 5.41) is 6.43. The van der Waals surface area contributed by atoms with Gasteiger partial charge in [-0.05, 0) is 31.0 Å². The molecule has 0 saturated heterocycles. The van der Waals surface area contributed by atoms with E-state index in [1.807, 2.05) is 20.8 Å². The van der Waals surface area contributed by atoms with Gasteiger partial charge in [-0.1, -0.05) is 13.8 Å². The number of fused-ring (bicyclic) bond motifs is 2. The molecular formula is C20H24FN5O2. The minimum Gasteiger partial charge on any atom is -0.459 e. The van der Waals surface area contributed by atoms with Gasteiger partial charge in [-0.3, -0.25) is 4.40 Å². The number of carbonyl (C=O) groups excluding carboxylic acids is 1. The molecule has 1 atom stereocenters. The summed E-state index contributed by atoms with van der Waals surface area (Å²) in [6.07, 6.45) is 6.66. The molecule has 0 spiro atoms. The van der Waals surface area contributed by atoms with Crippen molar-refractivity contribution in [1.29, 1.82) is 0 Å². The Hall–Kier alpha value is -3.42. The summed E-state index contributed by atoms with van der Waals surface area (Å²) in [5.74, 6) is 0.909. The molecular weight excluding hydrogens is 361 g/mol. The zero-order valence-electron chi connectivity index (χ0n) is 15.7. The van der Waals surface area contributed by atoms with E-state index in [0.29, 0.717) is 28.2 Å². The SMILES string of the molecule is Cc1c([C@H](NC(=O)Nc2cnc3nccn3c2)C(C)C)oc2ccc(F)cc12.[HH].[HH]. The molecule has 4 aromatic rings. The molecule has 148 valence electrons. The van der Waals surface area contributed by atoms with Crippen LogP contribution in [-0.2, 0) is 0 Å². The third-order valence-corrected chi connectivity index (χ3v) is 4.67. The summed E-state index contributed by atoms with van der Waals surface area (Å²) in [6, 6.07) is 3.65. The normalized spacial score (nSPS) is 12.6. The minimum atomic E-state index is -0.383. The number of carbonyl (C=O) groups is 1. The van der Waals surface area contributed by atoms with Crippen molar-refractivity contribution in [2.75, 3.05) is 5.32 Å². The van der Waals surface area contributed by atoms with Crippen LogP contribution in [0, 0.1) is 18.7 Å². The van der Waals surface area contributed by atoms with E-state index in [1.54, 1.807) is 35.3 Å². The smallest absolute Gasteiger partial charge is 0.319 e. The van der Waals surface area contributed by atoms with Crippen molar-refractivity contribution in [3.05, 3.63) is 60.1 Å². The van der Waals surface area contributed by atoms with Crippen molar-refractivity contribution in [2.45, 2.75) is 26.8 Å². The Morgan fingerprint density at radius 2 is 2.14 bits per heavy atom. The third kappa shape index (κ3) is 3.28. The van der Waals surface area contributed by atoms with Crippen LogP contribution in [-0.4, -0.2) is 20.4 Å². The number of aromatic nitrogens is 3. The predicted molar refractivity (Wildman–Crippen MR) is 108 cm³/mol. The van der Waals surface area contributed by atoms with E-state index in [2.05, 4.69) is 20.6 Å². The molecule has 0 bridgehead atoms. The Labute approximate surface area is 163 Å². The zero-order valence-corrected chi connectivity index (χ0v) is 15.7. The lowest BCUT2D eigenvalue weighted by Gasteiger charge is -2.21. The Balaban J connectivity index is 0.00000160. The van der Waals surface area contributed by atoms with E-state index in [-0.39, 0.29) is 26.7 Å². The number of furan rings is 1. The summed E-state index contributed by atoms with van der Waals surface area (Å²) >= 11 is 0. The number of aryl methyl sites for hydroxylation is 1. The van der Waals surface area contributed by atoms with Crippen molar-refractivity contribution in [3.63, 3.8) is 0 Å². The topological polar surface area (TPSA) is 84.5 Å². The molecule has 0 aliphatic carbocycles. The molecule has 2 N–H and O–H groups in total. The average molecular weight is 385 g/mol. The number of nitrogens with one attached hydrogen (secondary N) is 2. The first-order valence-corrected chi connectivity index (χ1v) is 8.97. The first-order chi connectivity index (χ1) is 13.4. The number of hydrogen-bond donors (Lipinski definition) is 2. The van der Waals surface area contributed by atoms with Crippen LogP contribution in [0.5, 0.6) is 0 Å². The first-order valence-electron chi connectivity index (χ1n) is 8.97. The zero-order chi connectivity index (χ0) is 19.8. The molecule has 7 nitrogen and oxygen atoms in total. The van der Waals surface area contributed by atoms with Gasteiger partial charge in [-0.15, -0.1) is 0 Å². The van der Waals surface area contributed by atoms with Crippen LogP contribution in [0.3, 0.4) is 0 Å². The number of halogens is 1. The van der Waals surface area contributed by atoms with Crippen LogP contribution < -0.4 is 10.6 Å². The Morgan fingerprint density at radius 1 is 1.32 bits per heavy atom. The molecule has 3 heterocycles. The maximum absolute atomic E-state index is 13.6. The highest BCUT2D eigenvalue weighted by Crippen LogP contribution is 2.33. The maximum atomic E-state index is 13.6. The van der Waals surface area contributed by atoms with Crippen LogP contribution in [0.2, 0.25) is 0 Å². The third-order valence-electron chi connectivity index (χ3n) is 4.67. The molecule has 1 aromatic carbocycles. The number of rotatable bonds is 4. The lowest BCUT2D eigenvalue weighted by molar-refractivity contribution is 0.241. The van der Waals surface area contributed by atoms with E-state index in [1.165, 1.54) is 12.1 Å². The van der Waals surface area contributed by atoms with E-state index in [9.17, 15) is 9.18 Å². The first kappa shape index (κ1) is 18.0. The summed E-state index contributed by atoms with van der Waals surface area (Å²) < 4.78 is 21.2. The van der Waals surface area contributed by atoms with Crippen LogP contribution in [0.1, 0.15) is 34.1 Å². The number of nitrogens with zero attached hydrogens (tertiary/aromatic N) is 3. The van der Waals surface area contributed by atoms with Crippen LogP contribution in [0.4, 0.5) is 14.9 Å². The van der Waals surface area contributed by atoms with Gasteiger partial charge >= 0.3 is 6.03 Å². The second kappa shape index (κ2) is 6.95. The second-order valence-electron chi connectivity index (χ2n) is 7.03. The highest BCUT2D eigenvalue weighted by Gasteiger charge is 2.25. The van der Waals surface area contributed by atoms with Crippen molar-refractivity contribution in [3.8, 4) is 0 Å². The Morgan fingerprint density at radius 3 is 2.93 bits per heavy atom. The Kier molecular flexibility index (Phi) is 4.46. The quantitative estimate of drug-likeness (QED) is 0.521. The van der Waals surface area contributed by atoms with Gasteiger partial charge in [0.1, 0.15) is 17.2 Å². The van der Waals surface area contributed by atoms with Gasteiger partial charge in [0.25, 0.3) is 0 Å². The average Bonchev–Trinajstić information content (AvgIpc) is 3.24. The molecule has 0 aliphatic heterocycles. The molecule has 0 radical (unpaired) electrons. The highest BCUT2D eigenvalue weighted by atomic mass is 19.1. The van der Waals surface area contributed by atoms with E-state index in [0.717, 1.165) is 5.56 Å². The Bertz CT molecular complexity index is 1170. The lowest BCUT2D eigenvalue weighted by Crippen LogP contribution is -2.35. The van der Waals surface area contributed by atoms with Gasteiger partial charge in [-0.2, -0.15) is 0 Å². The lowest BCUT2D eigenvalue weighted by atomic mass is 9.98. The molecule has 28 heavy (non-hydrogen) atoms. The van der Waals surface area contributed by atoms with E-state index >= 15 is 0 Å². The van der Waals surface area contributed by atoms with Crippen molar-refractivity contribution in [2.24, 2.45) is 5.92 Å². The second-order valence-corrected chi connectivity index (χ2v) is 7.03. The van der Waals surface area contributed by atoms with Gasteiger partial charge in [0.2, 0.25) is 5.78 Å². The van der Waals surface area contributed by atoms with Crippen molar-refractivity contribution in [1.82, 2.24) is 19.7 Å². The van der Waals surface area contributed by atoms with Gasteiger partial charge in [-0.25, -0.2) is 19.2 Å². The molecule has 0 aliphatic rings. The molecule has 2 amide bonds. The molecule has 0 saturated carbocycles. The van der Waals surface area contributed by atoms with Crippen LogP contribution in [0.15, 0.2) is 47.4 Å². The standard InChI is InChI=1S/C20H20FN5O2.2H2/c1-11(2)17(18-12(3)15-8-13(21)4-5-16(15)28-18)25-20(27)24-14-9-23-19-22-6-7-26(19)10-14;;/h4-11,17H,1-3H3,(H2,24,25,27);2*1H/t17-;;/m1../s1. The molecule has 8 heteroatoms. The van der Waals surface area contributed by atoms with E-state index < -0.39 is 0 Å². The van der Waals surface area contributed by atoms with Crippen LogP contribution >= 0.6 is 0 Å². The van der Waals surface area contributed by atoms with Gasteiger partial charge in [0.15, 0.2) is 0 Å². The van der Waals surface area contributed by atoms with Gasteiger partial charge in [0.05, 0.1) is 17.9 Å². The van der Waals surface area contributed by atoms with Crippen molar-refractivity contribution >= 4 is 28.5 Å².